The molecule has 0 fully saturated rings. The Morgan fingerprint density at radius 3 is 2.12 bits per heavy atom. The molecule has 0 aromatic rings. The third-order valence-electron chi connectivity index (χ3n) is 3.15. The number of rotatable bonds is 6. The van der Waals surface area contributed by atoms with Crippen LogP contribution in [0.15, 0.2) is 0 Å². The van der Waals surface area contributed by atoms with E-state index in [1.807, 2.05) is 20.8 Å². The molecule has 0 bridgehead atoms. The highest BCUT2D eigenvalue weighted by Gasteiger charge is 2.37. The van der Waals surface area contributed by atoms with Gasteiger partial charge in [0.15, 0.2) is 0 Å². The van der Waals surface area contributed by atoms with Crippen LogP contribution in [0.3, 0.4) is 0 Å². The van der Waals surface area contributed by atoms with Crippen LogP contribution in [0, 0.1) is 0 Å². The Labute approximate surface area is 104 Å². The van der Waals surface area contributed by atoms with Crippen molar-refractivity contribution in [2.45, 2.75) is 51.3 Å². The largest absolute Gasteiger partial charge is 0.392 e. The van der Waals surface area contributed by atoms with Gasteiger partial charge in [-0.25, -0.2) is 8.42 Å². The van der Waals surface area contributed by atoms with Gasteiger partial charge in [-0.1, -0.05) is 26.1 Å². The average Bonchev–Trinajstić information content (AvgIpc) is 2.16. The predicted octanol–water partition coefficient (Wildman–Crippen LogP) is 1.50. The summed E-state index contributed by atoms with van der Waals surface area (Å²) in [7, 11) is -1.87. The first kappa shape index (κ1) is 15.8. The molecule has 0 aliphatic rings. The van der Waals surface area contributed by atoms with Gasteiger partial charge in [-0.2, -0.15) is 4.31 Å². The first-order chi connectivity index (χ1) is 7.11. The third kappa shape index (κ3) is 3.15. The molecule has 0 spiro atoms. The van der Waals surface area contributed by atoms with Gasteiger partial charge >= 0.3 is 0 Å². The van der Waals surface area contributed by atoms with Crippen LogP contribution in [0.4, 0.5) is 0 Å². The van der Waals surface area contributed by atoms with Crippen molar-refractivity contribution in [1.82, 2.24) is 4.31 Å². The van der Waals surface area contributed by atoms with Crippen molar-refractivity contribution >= 4 is 27.2 Å². The maximum absolute atomic E-state index is 12.3. The van der Waals surface area contributed by atoms with E-state index in [9.17, 15) is 8.42 Å². The molecule has 2 N–H and O–H groups in total. The minimum Gasteiger partial charge on any atom is -0.392 e. The molecule has 0 aromatic heterocycles. The number of hydrogen-bond donors (Lipinski definition) is 1. The lowest BCUT2D eigenvalue weighted by Gasteiger charge is -2.35. The summed E-state index contributed by atoms with van der Waals surface area (Å²) in [4.78, 5) is 0.0428. The van der Waals surface area contributed by atoms with E-state index in [-0.39, 0.29) is 4.99 Å². The first-order valence-electron chi connectivity index (χ1n) is 5.38. The zero-order valence-corrected chi connectivity index (χ0v) is 12.3. The van der Waals surface area contributed by atoms with Gasteiger partial charge in [0.05, 0.1) is 4.99 Å². The smallest absolute Gasteiger partial charge is 0.223 e. The minimum atomic E-state index is -3.45. The van der Waals surface area contributed by atoms with Gasteiger partial charge in [-0.3, -0.25) is 0 Å². The third-order valence-corrected chi connectivity index (χ3v) is 6.14. The summed E-state index contributed by atoms with van der Waals surface area (Å²) in [6.45, 7) is 7.50. The Kier molecular flexibility index (Phi) is 5.35. The van der Waals surface area contributed by atoms with Crippen LogP contribution in [0.25, 0.3) is 0 Å². The first-order valence-corrected chi connectivity index (χ1v) is 7.29. The van der Waals surface area contributed by atoms with Crippen LogP contribution in [0.5, 0.6) is 0 Å². The molecule has 0 aromatic carbocycles. The lowest BCUT2D eigenvalue weighted by molar-refractivity contribution is 0.256. The Bertz CT molecular complexity index is 350. The standard InChI is InChI=1S/C10H22N2O2S2/c1-6-8(9(11)15)16(13,14)12(5)10(3,4)7-2/h8H,6-7H2,1-5H3,(H2,11,15). The molecule has 0 aliphatic heterocycles. The fourth-order valence-corrected chi connectivity index (χ4v) is 3.76. The monoisotopic (exact) mass is 266 g/mol. The molecule has 0 amide bonds. The molecule has 0 heterocycles. The van der Waals surface area contributed by atoms with E-state index in [2.05, 4.69) is 0 Å². The number of nitrogens with two attached hydrogens (primary N) is 1. The summed E-state index contributed by atoms with van der Waals surface area (Å²) in [6, 6.07) is 0. The molecule has 96 valence electrons. The Morgan fingerprint density at radius 2 is 1.88 bits per heavy atom. The van der Waals surface area contributed by atoms with Crippen molar-refractivity contribution in [3.8, 4) is 0 Å². The van der Waals surface area contributed by atoms with Crippen LogP contribution in [0.2, 0.25) is 0 Å². The van der Waals surface area contributed by atoms with Crippen molar-refractivity contribution in [3.63, 3.8) is 0 Å². The summed E-state index contributed by atoms with van der Waals surface area (Å²) >= 11 is 4.81. The van der Waals surface area contributed by atoms with Crippen molar-refractivity contribution in [3.05, 3.63) is 0 Å². The maximum atomic E-state index is 12.3. The van der Waals surface area contributed by atoms with Gasteiger partial charge in [0.25, 0.3) is 0 Å². The molecule has 4 nitrogen and oxygen atoms in total. The fraction of sp³-hybridized carbons (Fsp3) is 0.900. The van der Waals surface area contributed by atoms with Crippen LogP contribution >= 0.6 is 12.2 Å². The molecule has 0 saturated heterocycles. The number of sulfonamides is 1. The molecule has 1 atom stereocenters. The minimum absolute atomic E-state index is 0.0428. The van der Waals surface area contributed by atoms with E-state index in [1.54, 1.807) is 14.0 Å². The highest BCUT2D eigenvalue weighted by atomic mass is 32.2. The van der Waals surface area contributed by atoms with Crippen LogP contribution in [-0.4, -0.2) is 35.5 Å². The van der Waals surface area contributed by atoms with Gasteiger partial charge in [0.2, 0.25) is 10.0 Å². The molecule has 6 heteroatoms. The van der Waals surface area contributed by atoms with Gasteiger partial charge in [0.1, 0.15) is 5.25 Å². The highest BCUT2D eigenvalue weighted by Crippen LogP contribution is 2.23. The lowest BCUT2D eigenvalue weighted by atomic mass is 10.0. The second kappa shape index (κ2) is 5.42. The van der Waals surface area contributed by atoms with Gasteiger partial charge in [-0.05, 0) is 26.7 Å². The second-order valence-electron chi connectivity index (χ2n) is 4.48. The zero-order chi connectivity index (χ0) is 13.1. The average molecular weight is 266 g/mol. The Hall–Kier alpha value is -0.200. The van der Waals surface area contributed by atoms with Gasteiger partial charge < -0.3 is 5.73 Å². The summed E-state index contributed by atoms with van der Waals surface area (Å²) in [5, 5.41) is -0.765. The summed E-state index contributed by atoms with van der Waals surface area (Å²) in [5.74, 6) is 0. The van der Waals surface area contributed by atoms with E-state index in [0.29, 0.717) is 6.42 Å². The molecule has 16 heavy (non-hydrogen) atoms. The molecule has 0 radical (unpaired) electrons. The van der Waals surface area contributed by atoms with E-state index >= 15 is 0 Å². The van der Waals surface area contributed by atoms with Gasteiger partial charge in [-0.15, -0.1) is 0 Å². The summed E-state index contributed by atoms with van der Waals surface area (Å²) in [5.41, 5.74) is 5.06. The highest BCUT2D eigenvalue weighted by molar-refractivity contribution is 7.92. The van der Waals surface area contributed by atoms with E-state index < -0.39 is 20.8 Å². The zero-order valence-electron chi connectivity index (χ0n) is 10.6. The van der Waals surface area contributed by atoms with E-state index in [0.717, 1.165) is 6.42 Å². The van der Waals surface area contributed by atoms with Gasteiger partial charge in [0, 0.05) is 12.6 Å². The molecule has 0 rings (SSSR count). The van der Waals surface area contributed by atoms with Crippen molar-refractivity contribution in [2.24, 2.45) is 5.73 Å². The number of thiocarbonyl (C=S) groups is 1. The van der Waals surface area contributed by atoms with Crippen molar-refractivity contribution in [1.29, 1.82) is 0 Å². The maximum Gasteiger partial charge on any atom is 0.223 e. The lowest BCUT2D eigenvalue weighted by Crippen LogP contribution is -2.51. The normalized spacial score (nSPS) is 15.1. The van der Waals surface area contributed by atoms with Crippen LogP contribution in [-0.2, 0) is 10.0 Å². The van der Waals surface area contributed by atoms with Crippen LogP contribution < -0.4 is 5.73 Å². The Morgan fingerprint density at radius 1 is 1.44 bits per heavy atom. The molecule has 0 saturated carbocycles. The predicted molar refractivity (Wildman–Crippen MR) is 71.9 cm³/mol. The van der Waals surface area contributed by atoms with Crippen LogP contribution in [0.1, 0.15) is 40.5 Å². The van der Waals surface area contributed by atoms with E-state index in [1.165, 1.54) is 4.31 Å². The summed E-state index contributed by atoms with van der Waals surface area (Å²) < 4.78 is 25.9. The van der Waals surface area contributed by atoms with Crippen molar-refractivity contribution < 1.29 is 8.42 Å². The number of hydrogen-bond acceptors (Lipinski definition) is 3. The molecular formula is C10H22N2O2S2. The Balaban J connectivity index is 5.28. The molecular weight excluding hydrogens is 244 g/mol. The quantitative estimate of drug-likeness (QED) is 0.740. The van der Waals surface area contributed by atoms with Crippen molar-refractivity contribution in [2.75, 3.05) is 7.05 Å². The molecule has 1 unspecified atom stereocenters. The fourth-order valence-electron chi connectivity index (χ4n) is 1.32. The summed E-state index contributed by atoms with van der Waals surface area (Å²) in [6.07, 6.45) is 1.14. The number of nitrogens with zero attached hydrogens (tertiary/aromatic N) is 1. The van der Waals surface area contributed by atoms with E-state index in [4.69, 9.17) is 18.0 Å². The SMILES string of the molecule is CCC(C(N)=S)S(=O)(=O)N(C)C(C)(C)CC. The second-order valence-corrected chi connectivity index (χ2v) is 7.10. The topological polar surface area (TPSA) is 63.4 Å². The molecule has 0 aliphatic carbocycles.